The average Bonchev–Trinajstić information content (AvgIpc) is 2.77. The number of alkyl halides is 2. The summed E-state index contributed by atoms with van der Waals surface area (Å²) in [7, 11) is 0. The molecule has 2 rings (SSSR count). The Labute approximate surface area is 94.0 Å². The van der Waals surface area contributed by atoms with Crippen LogP contribution >= 0.6 is 0 Å². The monoisotopic (exact) mass is 240 g/mol. The maximum absolute atomic E-state index is 12.1. The highest BCUT2D eigenvalue weighted by Gasteiger charge is 2.15. The molecule has 0 radical (unpaired) electrons. The van der Waals surface area contributed by atoms with Crippen molar-refractivity contribution in [2.75, 3.05) is 0 Å². The van der Waals surface area contributed by atoms with Crippen molar-refractivity contribution in [3.8, 4) is 17.1 Å². The van der Waals surface area contributed by atoms with E-state index in [9.17, 15) is 13.6 Å². The molecule has 0 saturated carbocycles. The van der Waals surface area contributed by atoms with Crippen molar-refractivity contribution in [3.05, 3.63) is 30.2 Å². The molecule has 0 fully saturated rings. The Morgan fingerprint density at radius 3 is 2.76 bits per heavy atom. The lowest BCUT2D eigenvalue weighted by Gasteiger charge is -2.06. The number of halogens is 2. The van der Waals surface area contributed by atoms with Crippen molar-refractivity contribution in [2.24, 2.45) is 0 Å². The quantitative estimate of drug-likeness (QED) is 0.766. The van der Waals surface area contributed by atoms with Crippen LogP contribution in [-0.2, 0) is 0 Å². The fourth-order valence-corrected chi connectivity index (χ4v) is 1.24. The van der Waals surface area contributed by atoms with Crippen LogP contribution in [0.5, 0.6) is 5.75 Å². The minimum atomic E-state index is -2.95. The number of para-hydroxylation sites is 1. The van der Waals surface area contributed by atoms with Crippen LogP contribution in [0.1, 0.15) is 10.7 Å². The summed E-state index contributed by atoms with van der Waals surface area (Å²) in [6, 6.07) is 5.96. The molecular weight excluding hydrogens is 234 g/mol. The van der Waals surface area contributed by atoms with Crippen molar-refractivity contribution in [1.82, 2.24) is 10.1 Å². The van der Waals surface area contributed by atoms with E-state index in [2.05, 4.69) is 19.4 Å². The van der Waals surface area contributed by atoms with E-state index in [0.29, 0.717) is 6.29 Å². The number of rotatable bonds is 4. The van der Waals surface area contributed by atoms with Crippen molar-refractivity contribution in [2.45, 2.75) is 6.61 Å². The van der Waals surface area contributed by atoms with E-state index in [4.69, 9.17) is 0 Å². The van der Waals surface area contributed by atoms with Crippen LogP contribution in [0.3, 0.4) is 0 Å². The van der Waals surface area contributed by atoms with Crippen molar-refractivity contribution >= 4 is 6.29 Å². The Kier molecular flexibility index (Phi) is 3.08. The third kappa shape index (κ3) is 2.44. The molecule has 0 bridgehead atoms. The van der Waals surface area contributed by atoms with Gasteiger partial charge in [0.1, 0.15) is 5.75 Å². The normalized spacial score (nSPS) is 10.5. The van der Waals surface area contributed by atoms with Gasteiger partial charge in [0, 0.05) is 0 Å². The molecule has 0 atom stereocenters. The summed E-state index contributed by atoms with van der Waals surface area (Å²) < 4.78 is 33.1. The molecule has 0 amide bonds. The maximum Gasteiger partial charge on any atom is 0.387 e. The number of benzene rings is 1. The zero-order valence-electron chi connectivity index (χ0n) is 8.34. The molecule has 1 aromatic carbocycles. The Bertz CT molecular complexity index is 528. The molecule has 0 spiro atoms. The molecule has 0 aliphatic heterocycles. The van der Waals surface area contributed by atoms with Gasteiger partial charge in [0.05, 0.1) is 5.56 Å². The first kappa shape index (κ1) is 11.2. The standard InChI is InChI=1S/C10H6F2N2O3/c11-10(12)16-7-4-2-1-3-6(7)9-13-8(5-15)17-14-9/h1-5,10H. The summed E-state index contributed by atoms with van der Waals surface area (Å²) in [5, 5.41) is 3.48. The summed E-state index contributed by atoms with van der Waals surface area (Å²) in [6.07, 6.45) is 0.368. The number of hydrogen-bond acceptors (Lipinski definition) is 5. The number of carbonyl (C=O) groups excluding carboxylic acids is 1. The first-order valence-corrected chi connectivity index (χ1v) is 4.54. The molecule has 0 aliphatic rings. The minimum absolute atomic E-state index is 0.0170. The SMILES string of the molecule is O=Cc1nc(-c2ccccc2OC(F)F)no1. The van der Waals surface area contributed by atoms with Gasteiger partial charge in [-0.3, -0.25) is 4.79 Å². The molecule has 1 heterocycles. The minimum Gasteiger partial charge on any atom is -0.434 e. The van der Waals surface area contributed by atoms with Gasteiger partial charge in [-0.25, -0.2) is 0 Å². The lowest BCUT2D eigenvalue weighted by Crippen LogP contribution is -2.03. The van der Waals surface area contributed by atoms with E-state index in [0.717, 1.165) is 0 Å². The molecule has 0 saturated heterocycles. The Morgan fingerprint density at radius 1 is 1.35 bits per heavy atom. The van der Waals surface area contributed by atoms with Crippen molar-refractivity contribution in [1.29, 1.82) is 0 Å². The molecular formula is C10H6F2N2O3. The van der Waals surface area contributed by atoms with E-state index >= 15 is 0 Å². The molecule has 1 aromatic heterocycles. The predicted molar refractivity (Wildman–Crippen MR) is 51.8 cm³/mol. The first-order valence-electron chi connectivity index (χ1n) is 4.54. The number of aromatic nitrogens is 2. The largest absolute Gasteiger partial charge is 0.434 e. The lowest BCUT2D eigenvalue weighted by molar-refractivity contribution is -0.0494. The fraction of sp³-hybridized carbons (Fsp3) is 0.100. The van der Waals surface area contributed by atoms with E-state index in [1.165, 1.54) is 18.2 Å². The zero-order chi connectivity index (χ0) is 12.3. The number of hydrogen-bond donors (Lipinski definition) is 0. The molecule has 0 unspecified atom stereocenters. The van der Waals surface area contributed by atoms with Gasteiger partial charge in [0.25, 0.3) is 5.89 Å². The number of nitrogens with zero attached hydrogens (tertiary/aromatic N) is 2. The molecule has 7 heteroatoms. The maximum atomic E-state index is 12.1. The summed E-state index contributed by atoms with van der Waals surface area (Å²) in [6.45, 7) is -2.95. The topological polar surface area (TPSA) is 65.2 Å². The van der Waals surface area contributed by atoms with Gasteiger partial charge < -0.3 is 9.26 Å². The first-order chi connectivity index (χ1) is 8.20. The summed E-state index contributed by atoms with van der Waals surface area (Å²) in [5.41, 5.74) is 0.227. The molecule has 17 heavy (non-hydrogen) atoms. The van der Waals surface area contributed by atoms with Gasteiger partial charge in [-0.2, -0.15) is 13.8 Å². The highest BCUT2D eigenvalue weighted by atomic mass is 19.3. The highest BCUT2D eigenvalue weighted by molar-refractivity contribution is 5.70. The second-order valence-corrected chi connectivity index (χ2v) is 2.95. The highest BCUT2D eigenvalue weighted by Crippen LogP contribution is 2.28. The fourth-order valence-electron chi connectivity index (χ4n) is 1.24. The van der Waals surface area contributed by atoms with Crippen molar-refractivity contribution < 1.29 is 22.8 Å². The van der Waals surface area contributed by atoms with E-state index in [1.807, 2.05) is 0 Å². The Morgan fingerprint density at radius 2 is 2.12 bits per heavy atom. The van der Waals surface area contributed by atoms with E-state index in [-0.39, 0.29) is 23.0 Å². The van der Waals surface area contributed by atoms with Gasteiger partial charge >= 0.3 is 6.61 Å². The van der Waals surface area contributed by atoms with Crippen molar-refractivity contribution in [3.63, 3.8) is 0 Å². The Balaban J connectivity index is 2.40. The van der Waals surface area contributed by atoms with Crippen LogP contribution in [-0.4, -0.2) is 23.0 Å². The number of aldehydes is 1. The average molecular weight is 240 g/mol. The summed E-state index contributed by atoms with van der Waals surface area (Å²) in [4.78, 5) is 14.1. The lowest BCUT2D eigenvalue weighted by atomic mass is 10.2. The van der Waals surface area contributed by atoms with Crippen LogP contribution in [0.25, 0.3) is 11.4 Å². The molecule has 5 nitrogen and oxygen atoms in total. The van der Waals surface area contributed by atoms with E-state index in [1.54, 1.807) is 6.07 Å². The third-order valence-corrected chi connectivity index (χ3v) is 1.89. The molecule has 0 N–H and O–H groups in total. The Hall–Kier alpha value is -2.31. The van der Waals surface area contributed by atoms with Crippen LogP contribution < -0.4 is 4.74 Å². The third-order valence-electron chi connectivity index (χ3n) is 1.89. The van der Waals surface area contributed by atoms with Gasteiger partial charge in [-0.05, 0) is 12.1 Å². The van der Waals surface area contributed by atoms with Crippen LogP contribution in [0.4, 0.5) is 8.78 Å². The molecule has 0 aliphatic carbocycles. The molecule has 2 aromatic rings. The molecule has 88 valence electrons. The van der Waals surface area contributed by atoms with Crippen LogP contribution in [0, 0.1) is 0 Å². The van der Waals surface area contributed by atoms with Crippen LogP contribution in [0.2, 0.25) is 0 Å². The van der Waals surface area contributed by atoms with Gasteiger partial charge in [0.15, 0.2) is 0 Å². The second kappa shape index (κ2) is 4.69. The predicted octanol–water partition coefficient (Wildman–Crippen LogP) is 2.15. The summed E-state index contributed by atoms with van der Waals surface area (Å²) in [5.74, 6) is -0.295. The number of ether oxygens (including phenoxy) is 1. The number of carbonyl (C=O) groups is 1. The van der Waals surface area contributed by atoms with Gasteiger partial charge in [0.2, 0.25) is 12.1 Å². The zero-order valence-corrected chi connectivity index (χ0v) is 8.34. The van der Waals surface area contributed by atoms with Gasteiger partial charge in [-0.15, -0.1) is 0 Å². The summed E-state index contributed by atoms with van der Waals surface area (Å²) >= 11 is 0. The van der Waals surface area contributed by atoms with Crippen LogP contribution in [0.15, 0.2) is 28.8 Å². The van der Waals surface area contributed by atoms with E-state index < -0.39 is 6.61 Å². The smallest absolute Gasteiger partial charge is 0.387 e. The second-order valence-electron chi connectivity index (χ2n) is 2.95. The van der Waals surface area contributed by atoms with Gasteiger partial charge in [-0.1, -0.05) is 17.3 Å².